The Morgan fingerprint density at radius 3 is 2.43 bits per heavy atom. The van der Waals surface area contributed by atoms with Crippen molar-refractivity contribution in [3.05, 3.63) is 52.5 Å². The first-order chi connectivity index (χ1) is 14.4. The van der Waals surface area contributed by atoms with E-state index in [1.165, 1.54) is 19.2 Å². The van der Waals surface area contributed by atoms with Crippen molar-refractivity contribution in [3.8, 4) is 11.5 Å². The van der Waals surface area contributed by atoms with Gasteiger partial charge in [0.2, 0.25) is 5.91 Å². The zero-order valence-electron chi connectivity index (χ0n) is 17.0. The standard InChI is InChI=1S/C21H23ClN4O4/c1-23-21(28)24-15-6-4-13(5-7-15)17-8-9-26(25-17)20(27)11-14-10-18(29-2)19(30-3)12-16(14)22/h4-7,10,12H,8-9,11H2,1-3H3,(H2,23,24,28). The Bertz CT molecular complexity index is 976. The first-order valence-electron chi connectivity index (χ1n) is 9.32. The molecule has 0 unspecified atom stereocenters. The molecule has 0 spiro atoms. The van der Waals surface area contributed by atoms with Gasteiger partial charge in [0.15, 0.2) is 11.5 Å². The fraction of sp³-hybridized carbons (Fsp3) is 0.286. The van der Waals surface area contributed by atoms with Crippen molar-refractivity contribution in [3.63, 3.8) is 0 Å². The van der Waals surface area contributed by atoms with E-state index in [0.29, 0.717) is 40.7 Å². The van der Waals surface area contributed by atoms with E-state index in [1.54, 1.807) is 31.3 Å². The highest BCUT2D eigenvalue weighted by Gasteiger charge is 2.23. The van der Waals surface area contributed by atoms with E-state index in [2.05, 4.69) is 15.7 Å². The molecule has 3 rings (SSSR count). The molecular formula is C21H23ClN4O4. The summed E-state index contributed by atoms with van der Waals surface area (Å²) in [7, 11) is 4.61. The van der Waals surface area contributed by atoms with E-state index in [4.69, 9.17) is 21.1 Å². The van der Waals surface area contributed by atoms with Crippen LogP contribution in [0.4, 0.5) is 10.5 Å². The second-order valence-corrected chi connectivity index (χ2v) is 6.98. The zero-order chi connectivity index (χ0) is 21.7. The van der Waals surface area contributed by atoms with Gasteiger partial charge in [-0.15, -0.1) is 0 Å². The molecule has 8 nitrogen and oxygen atoms in total. The number of halogens is 1. The number of carbonyl (C=O) groups is 2. The Morgan fingerprint density at radius 1 is 1.13 bits per heavy atom. The maximum Gasteiger partial charge on any atom is 0.318 e. The molecule has 30 heavy (non-hydrogen) atoms. The van der Waals surface area contributed by atoms with Gasteiger partial charge in [-0.2, -0.15) is 5.10 Å². The van der Waals surface area contributed by atoms with E-state index in [-0.39, 0.29) is 18.4 Å². The average molecular weight is 431 g/mol. The van der Waals surface area contributed by atoms with Crippen LogP contribution in [-0.4, -0.2) is 50.5 Å². The number of methoxy groups -OCH3 is 2. The second-order valence-electron chi connectivity index (χ2n) is 6.57. The van der Waals surface area contributed by atoms with Crippen molar-refractivity contribution in [2.75, 3.05) is 33.1 Å². The number of rotatable bonds is 6. The third-order valence-corrected chi connectivity index (χ3v) is 5.04. The Labute approximate surface area is 179 Å². The van der Waals surface area contributed by atoms with Gasteiger partial charge in [-0.3, -0.25) is 4.79 Å². The molecule has 2 aromatic rings. The smallest absolute Gasteiger partial charge is 0.318 e. The number of amides is 3. The number of benzene rings is 2. The van der Waals surface area contributed by atoms with Crippen LogP contribution in [0.5, 0.6) is 11.5 Å². The lowest BCUT2D eigenvalue weighted by Crippen LogP contribution is -2.25. The van der Waals surface area contributed by atoms with E-state index >= 15 is 0 Å². The third-order valence-electron chi connectivity index (χ3n) is 4.69. The molecule has 0 saturated carbocycles. The summed E-state index contributed by atoms with van der Waals surface area (Å²) in [6.07, 6.45) is 0.749. The van der Waals surface area contributed by atoms with Gasteiger partial charge in [0.05, 0.1) is 32.9 Å². The molecule has 0 fully saturated rings. The molecule has 0 aliphatic carbocycles. The highest BCUT2D eigenvalue weighted by Crippen LogP contribution is 2.33. The number of hydrogen-bond acceptors (Lipinski definition) is 5. The quantitative estimate of drug-likeness (QED) is 0.735. The molecule has 2 aromatic carbocycles. The Morgan fingerprint density at radius 2 is 1.80 bits per heavy atom. The molecule has 1 aliphatic heterocycles. The van der Waals surface area contributed by atoms with Gasteiger partial charge >= 0.3 is 6.03 Å². The van der Waals surface area contributed by atoms with Crippen molar-refractivity contribution in [1.29, 1.82) is 0 Å². The summed E-state index contributed by atoms with van der Waals surface area (Å²) >= 11 is 6.30. The number of nitrogens with zero attached hydrogens (tertiary/aromatic N) is 2. The molecule has 158 valence electrons. The number of ether oxygens (including phenoxy) is 2. The number of hydrogen-bond donors (Lipinski definition) is 2. The zero-order valence-corrected chi connectivity index (χ0v) is 17.7. The van der Waals surface area contributed by atoms with Crippen molar-refractivity contribution < 1.29 is 19.1 Å². The van der Waals surface area contributed by atoms with Crippen molar-refractivity contribution >= 4 is 34.9 Å². The summed E-state index contributed by atoms with van der Waals surface area (Å²) in [5, 5.41) is 11.6. The van der Waals surface area contributed by atoms with E-state index in [0.717, 1.165) is 11.3 Å². The van der Waals surface area contributed by atoms with Crippen molar-refractivity contribution in [2.45, 2.75) is 12.8 Å². The molecule has 0 saturated heterocycles. The van der Waals surface area contributed by atoms with Gasteiger partial charge in [-0.1, -0.05) is 23.7 Å². The number of carbonyl (C=O) groups excluding carboxylic acids is 2. The summed E-state index contributed by atoms with van der Waals surface area (Å²) < 4.78 is 10.5. The molecule has 0 bridgehead atoms. The van der Waals surface area contributed by atoms with Crippen molar-refractivity contribution in [1.82, 2.24) is 10.3 Å². The molecule has 1 heterocycles. The van der Waals surface area contributed by atoms with Gasteiger partial charge in [0, 0.05) is 30.2 Å². The van der Waals surface area contributed by atoms with Crippen LogP contribution < -0.4 is 20.1 Å². The fourth-order valence-corrected chi connectivity index (χ4v) is 3.29. The van der Waals surface area contributed by atoms with Crippen LogP contribution in [0.3, 0.4) is 0 Å². The highest BCUT2D eigenvalue weighted by atomic mass is 35.5. The van der Waals surface area contributed by atoms with Crippen LogP contribution in [0, 0.1) is 0 Å². The SMILES string of the molecule is CNC(=O)Nc1ccc(C2=NN(C(=O)Cc3cc(OC)c(OC)cc3Cl)CC2)cc1. The van der Waals surface area contributed by atoms with Gasteiger partial charge < -0.3 is 20.1 Å². The second kappa shape index (κ2) is 9.49. The average Bonchev–Trinajstić information content (AvgIpc) is 3.25. The van der Waals surface area contributed by atoms with E-state index in [1.807, 2.05) is 12.1 Å². The molecule has 1 aliphatic rings. The normalized spacial score (nSPS) is 12.9. The molecule has 2 N–H and O–H groups in total. The Balaban J connectivity index is 1.70. The predicted octanol–water partition coefficient (Wildman–Crippen LogP) is 3.29. The largest absolute Gasteiger partial charge is 0.493 e. The van der Waals surface area contributed by atoms with E-state index < -0.39 is 0 Å². The minimum atomic E-state index is -0.286. The topological polar surface area (TPSA) is 92.3 Å². The lowest BCUT2D eigenvalue weighted by molar-refractivity contribution is -0.130. The first kappa shape index (κ1) is 21.4. The van der Waals surface area contributed by atoms with Gasteiger partial charge in [-0.25, -0.2) is 9.80 Å². The van der Waals surface area contributed by atoms with Gasteiger partial charge in [0.1, 0.15) is 0 Å². The Hall–Kier alpha value is -3.26. The third kappa shape index (κ3) is 4.83. The van der Waals surface area contributed by atoms with Crippen LogP contribution >= 0.6 is 11.6 Å². The first-order valence-corrected chi connectivity index (χ1v) is 9.70. The summed E-state index contributed by atoms with van der Waals surface area (Å²) in [5.74, 6) is 0.868. The maximum absolute atomic E-state index is 12.7. The summed E-state index contributed by atoms with van der Waals surface area (Å²) in [6, 6.07) is 10.4. The van der Waals surface area contributed by atoms with E-state index in [9.17, 15) is 9.59 Å². The van der Waals surface area contributed by atoms with Crippen LogP contribution in [0.15, 0.2) is 41.5 Å². The van der Waals surface area contributed by atoms with Gasteiger partial charge in [0.25, 0.3) is 0 Å². The summed E-state index contributed by atoms with van der Waals surface area (Å²) in [6.45, 7) is 0.497. The summed E-state index contributed by atoms with van der Waals surface area (Å²) in [5.41, 5.74) is 3.03. The van der Waals surface area contributed by atoms with Crippen LogP contribution in [-0.2, 0) is 11.2 Å². The number of urea groups is 1. The number of nitrogens with one attached hydrogen (secondary N) is 2. The highest BCUT2D eigenvalue weighted by molar-refractivity contribution is 6.31. The predicted molar refractivity (Wildman–Crippen MR) is 116 cm³/mol. The molecule has 3 amide bonds. The minimum absolute atomic E-state index is 0.102. The molecular weight excluding hydrogens is 408 g/mol. The van der Waals surface area contributed by atoms with Crippen LogP contribution in [0.25, 0.3) is 0 Å². The fourth-order valence-electron chi connectivity index (χ4n) is 3.07. The lowest BCUT2D eigenvalue weighted by Gasteiger charge is -2.14. The Kier molecular flexibility index (Phi) is 6.79. The van der Waals surface area contributed by atoms with Gasteiger partial charge in [-0.05, 0) is 29.3 Å². The van der Waals surface area contributed by atoms with Crippen molar-refractivity contribution in [2.24, 2.45) is 5.10 Å². The molecule has 0 atom stereocenters. The number of anilines is 1. The molecule has 0 aromatic heterocycles. The lowest BCUT2D eigenvalue weighted by atomic mass is 10.1. The molecule has 0 radical (unpaired) electrons. The minimum Gasteiger partial charge on any atom is -0.493 e. The van der Waals surface area contributed by atoms with Crippen LogP contribution in [0.1, 0.15) is 17.5 Å². The summed E-state index contributed by atoms with van der Waals surface area (Å²) in [4.78, 5) is 24.1. The molecule has 9 heteroatoms. The number of hydrazone groups is 1. The van der Waals surface area contributed by atoms with Crippen LogP contribution in [0.2, 0.25) is 5.02 Å². The maximum atomic E-state index is 12.7. The monoisotopic (exact) mass is 430 g/mol.